The van der Waals surface area contributed by atoms with E-state index in [-0.39, 0.29) is 0 Å². The van der Waals surface area contributed by atoms with Crippen molar-refractivity contribution in [3.63, 3.8) is 0 Å². The molecule has 0 aliphatic rings. The first kappa shape index (κ1) is 12.7. The van der Waals surface area contributed by atoms with Gasteiger partial charge >= 0.3 is 12.0 Å². The molecule has 0 aromatic carbocycles. The van der Waals surface area contributed by atoms with Gasteiger partial charge in [0.15, 0.2) is 6.61 Å². The Bertz CT molecular complexity index is 206. The lowest BCUT2D eigenvalue weighted by molar-refractivity contribution is -0.144. The van der Waals surface area contributed by atoms with Crippen molar-refractivity contribution in [1.29, 1.82) is 0 Å². The van der Waals surface area contributed by atoms with Crippen LogP contribution >= 0.6 is 0 Å². The highest BCUT2D eigenvalue weighted by atomic mass is 16.7. The summed E-state index contributed by atoms with van der Waals surface area (Å²) < 4.78 is 0. The molecule has 0 atom stereocenters. The lowest BCUT2D eigenvalue weighted by atomic mass is 10.2. The van der Waals surface area contributed by atoms with Gasteiger partial charge in [-0.1, -0.05) is 13.8 Å². The van der Waals surface area contributed by atoms with Crippen molar-refractivity contribution in [2.24, 2.45) is 5.92 Å². The molecule has 0 aromatic heterocycles. The number of amides is 2. The van der Waals surface area contributed by atoms with Crippen LogP contribution < -0.4 is 5.48 Å². The first-order chi connectivity index (χ1) is 6.43. The maximum atomic E-state index is 11.2. The molecule has 2 N–H and O–H groups in total. The first-order valence-corrected chi connectivity index (χ1v) is 4.28. The van der Waals surface area contributed by atoms with Gasteiger partial charge in [-0.3, -0.25) is 4.84 Å². The fourth-order valence-corrected chi connectivity index (χ4v) is 0.868. The van der Waals surface area contributed by atoms with Gasteiger partial charge in [0.25, 0.3) is 0 Å². The number of aliphatic carboxylic acids is 1. The Morgan fingerprint density at radius 2 is 2.07 bits per heavy atom. The molecule has 0 unspecified atom stereocenters. The van der Waals surface area contributed by atoms with Crippen LogP contribution in [0.2, 0.25) is 0 Å². The van der Waals surface area contributed by atoms with Crippen LogP contribution in [0.1, 0.15) is 13.8 Å². The minimum absolute atomic E-state index is 0.352. The number of rotatable bonds is 5. The van der Waals surface area contributed by atoms with Crippen molar-refractivity contribution in [3.05, 3.63) is 0 Å². The van der Waals surface area contributed by atoms with Crippen molar-refractivity contribution < 1.29 is 19.5 Å². The van der Waals surface area contributed by atoms with E-state index in [1.165, 1.54) is 4.90 Å². The Labute approximate surface area is 82.8 Å². The van der Waals surface area contributed by atoms with E-state index < -0.39 is 18.6 Å². The Morgan fingerprint density at radius 3 is 2.50 bits per heavy atom. The standard InChI is InChI=1S/C8H16N2O4/c1-6(2)4-10(3)8(13)9-14-5-7(11)12/h6H,4-5H2,1-3H3,(H,9,13)(H,11,12). The molecule has 6 heteroatoms. The van der Waals surface area contributed by atoms with Gasteiger partial charge in [-0.2, -0.15) is 0 Å². The van der Waals surface area contributed by atoms with Crippen molar-refractivity contribution in [3.8, 4) is 0 Å². The van der Waals surface area contributed by atoms with Crippen molar-refractivity contribution in [2.45, 2.75) is 13.8 Å². The number of hydrogen-bond donors (Lipinski definition) is 2. The fraction of sp³-hybridized carbons (Fsp3) is 0.750. The third-order valence-corrected chi connectivity index (χ3v) is 1.34. The second-order valence-electron chi connectivity index (χ2n) is 3.36. The minimum Gasteiger partial charge on any atom is -0.479 e. The molecule has 0 spiro atoms. The van der Waals surface area contributed by atoms with Gasteiger partial charge in [0.1, 0.15) is 0 Å². The normalized spacial score (nSPS) is 10.0. The molecule has 82 valence electrons. The molecule has 0 radical (unpaired) electrons. The Morgan fingerprint density at radius 1 is 1.50 bits per heavy atom. The first-order valence-electron chi connectivity index (χ1n) is 4.28. The molecule has 0 aliphatic carbocycles. The van der Waals surface area contributed by atoms with Crippen LogP contribution in [0.3, 0.4) is 0 Å². The molecule has 2 amide bonds. The fourth-order valence-electron chi connectivity index (χ4n) is 0.868. The number of carbonyl (C=O) groups is 2. The zero-order chi connectivity index (χ0) is 11.1. The van der Waals surface area contributed by atoms with Crippen LogP contribution in [-0.2, 0) is 9.63 Å². The zero-order valence-corrected chi connectivity index (χ0v) is 8.61. The van der Waals surface area contributed by atoms with Gasteiger partial charge < -0.3 is 10.0 Å². The number of carboxylic acids is 1. The molecule has 14 heavy (non-hydrogen) atoms. The third-order valence-electron chi connectivity index (χ3n) is 1.34. The van der Waals surface area contributed by atoms with Crippen LogP contribution in [-0.4, -0.2) is 42.2 Å². The SMILES string of the molecule is CC(C)CN(C)C(=O)NOCC(=O)O. The summed E-state index contributed by atoms with van der Waals surface area (Å²) in [4.78, 5) is 27.0. The van der Waals surface area contributed by atoms with Crippen LogP contribution in [0.25, 0.3) is 0 Å². The lowest BCUT2D eigenvalue weighted by Gasteiger charge is -2.19. The number of carboxylic acid groups (broad SMARTS) is 1. The van der Waals surface area contributed by atoms with Gasteiger partial charge in [-0.15, -0.1) is 0 Å². The summed E-state index contributed by atoms with van der Waals surface area (Å²) in [5, 5.41) is 8.22. The van der Waals surface area contributed by atoms with E-state index in [2.05, 4.69) is 4.84 Å². The quantitative estimate of drug-likeness (QED) is 0.631. The van der Waals surface area contributed by atoms with E-state index in [9.17, 15) is 9.59 Å². The van der Waals surface area contributed by atoms with Crippen molar-refractivity contribution in [2.75, 3.05) is 20.2 Å². The summed E-state index contributed by atoms with van der Waals surface area (Å²) >= 11 is 0. The maximum Gasteiger partial charge on any atom is 0.341 e. The Kier molecular flexibility index (Phi) is 5.62. The van der Waals surface area contributed by atoms with Crippen LogP contribution in [0.4, 0.5) is 4.79 Å². The van der Waals surface area contributed by atoms with Crippen molar-refractivity contribution in [1.82, 2.24) is 10.4 Å². The van der Waals surface area contributed by atoms with Gasteiger partial charge in [-0.05, 0) is 5.92 Å². The molecular weight excluding hydrogens is 188 g/mol. The minimum atomic E-state index is -1.13. The highest BCUT2D eigenvalue weighted by molar-refractivity contribution is 5.73. The molecule has 0 saturated heterocycles. The van der Waals surface area contributed by atoms with E-state index in [0.29, 0.717) is 12.5 Å². The van der Waals surface area contributed by atoms with E-state index in [1.807, 2.05) is 19.3 Å². The predicted molar refractivity (Wildman–Crippen MR) is 49.6 cm³/mol. The average molecular weight is 204 g/mol. The summed E-state index contributed by atoms with van der Waals surface area (Å²) in [6.45, 7) is 3.99. The number of hydroxylamine groups is 1. The van der Waals surface area contributed by atoms with E-state index >= 15 is 0 Å². The highest BCUT2D eigenvalue weighted by Gasteiger charge is 2.09. The number of nitrogens with zero attached hydrogens (tertiary/aromatic N) is 1. The summed E-state index contributed by atoms with van der Waals surface area (Å²) in [5.41, 5.74) is 2.03. The molecule has 0 fully saturated rings. The van der Waals surface area contributed by atoms with Crippen LogP contribution in [0.5, 0.6) is 0 Å². The molecule has 6 nitrogen and oxygen atoms in total. The summed E-state index contributed by atoms with van der Waals surface area (Å²) in [6, 6.07) is -0.444. The van der Waals surface area contributed by atoms with Crippen LogP contribution in [0.15, 0.2) is 0 Å². The lowest BCUT2D eigenvalue weighted by Crippen LogP contribution is -2.39. The number of hydrogen-bond acceptors (Lipinski definition) is 3. The molecule has 0 bridgehead atoms. The monoisotopic (exact) mass is 204 g/mol. The van der Waals surface area contributed by atoms with Gasteiger partial charge in [0, 0.05) is 13.6 Å². The molecule has 0 rings (SSSR count). The highest BCUT2D eigenvalue weighted by Crippen LogP contribution is 1.95. The molecule has 0 heterocycles. The largest absolute Gasteiger partial charge is 0.479 e. The topological polar surface area (TPSA) is 78.9 Å². The third kappa shape index (κ3) is 6.24. The van der Waals surface area contributed by atoms with E-state index in [0.717, 1.165) is 0 Å². The smallest absolute Gasteiger partial charge is 0.341 e. The Balaban J connectivity index is 3.67. The zero-order valence-electron chi connectivity index (χ0n) is 8.61. The second-order valence-corrected chi connectivity index (χ2v) is 3.36. The molecular formula is C8H16N2O4. The molecule has 0 saturated carbocycles. The second kappa shape index (κ2) is 6.20. The summed E-state index contributed by atoms with van der Waals surface area (Å²) in [7, 11) is 1.61. The maximum absolute atomic E-state index is 11.2. The van der Waals surface area contributed by atoms with E-state index in [4.69, 9.17) is 5.11 Å². The number of carbonyl (C=O) groups excluding carboxylic acids is 1. The predicted octanol–water partition coefficient (Wildman–Crippen LogP) is 0.300. The number of nitrogens with one attached hydrogen (secondary N) is 1. The van der Waals surface area contributed by atoms with Gasteiger partial charge in [-0.25, -0.2) is 15.1 Å². The van der Waals surface area contributed by atoms with E-state index in [1.54, 1.807) is 7.05 Å². The summed E-state index contributed by atoms with van der Waals surface area (Å²) in [5.74, 6) is -0.776. The van der Waals surface area contributed by atoms with Crippen LogP contribution in [0, 0.1) is 5.92 Å². The van der Waals surface area contributed by atoms with Crippen molar-refractivity contribution >= 4 is 12.0 Å². The van der Waals surface area contributed by atoms with Gasteiger partial charge in [0.05, 0.1) is 0 Å². The molecule has 0 aromatic rings. The summed E-state index contributed by atoms with van der Waals surface area (Å²) in [6.07, 6.45) is 0. The Hall–Kier alpha value is -1.30. The average Bonchev–Trinajstić information content (AvgIpc) is 2.01. The number of urea groups is 1. The van der Waals surface area contributed by atoms with Gasteiger partial charge in [0.2, 0.25) is 0 Å². The molecule has 0 aliphatic heterocycles.